The Balaban J connectivity index is 1.46. The molecule has 0 atom stereocenters. The van der Waals surface area contributed by atoms with Gasteiger partial charge in [0.05, 0.1) is 24.7 Å². The Bertz CT molecular complexity index is 1040. The predicted molar refractivity (Wildman–Crippen MR) is 107 cm³/mol. The summed E-state index contributed by atoms with van der Waals surface area (Å²) < 4.78 is 8.53. The van der Waals surface area contributed by atoms with Crippen LogP contribution in [0.25, 0.3) is 5.69 Å². The zero-order valence-corrected chi connectivity index (χ0v) is 16.5. The molecule has 4 rings (SSSR count). The van der Waals surface area contributed by atoms with Crippen LogP contribution >= 0.6 is 0 Å². The molecule has 3 aromatic rings. The molecule has 150 valence electrons. The second-order valence-electron chi connectivity index (χ2n) is 6.96. The number of fused-ring (bicyclic) bond motifs is 1. The fourth-order valence-corrected chi connectivity index (χ4v) is 3.56. The summed E-state index contributed by atoms with van der Waals surface area (Å²) in [6.45, 7) is 2.45. The van der Waals surface area contributed by atoms with Gasteiger partial charge >= 0.3 is 5.97 Å². The first kappa shape index (κ1) is 18.9. The minimum absolute atomic E-state index is 0.217. The Hall–Kier alpha value is -3.42. The Kier molecular flexibility index (Phi) is 5.41. The first-order chi connectivity index (χ1) is 14.2. The molecule has 1 aromatic carbocycles. The lowest BCUT2D eigenvalue weighted by atomic mass is 9.96. The number of hydrogen-bond donors (Lipinski definition) is 0. The van der Waals surface area contributed by atoms with Crippen LogP contribution in [-0.4, -0.2) is 38.4 Å². The number of nitrogens with zero attached hydrogens (tertiary/aromatic N) is 5. The number of rotatable bonds is 6. The van der Waals surface area contributed by atoms with E-state index in [0.717, 1.165) is 47.6 Å². The van der Waals surface area contributed by atoms with Crippen LogP contribution in [0.5, 0.6) is 0 Å². The van der Waals surface area contributed by atoms with Crippen molar-refractivity contribution in [3.05, 3.63) is 65.2 Å². The molecule has 0 N–H and O–H groups in total. The number of carbonyl (C=O) groups is 1. The van der Waals surface area contributed by atoms with Crippen molar-refractivity contribution in [2.45, 2.75) is 39.3 Å². The van der Waals surface area contributed by atoms with E-state index in [4.69, 9.17) is 9.57 Å². The van der Waals surface area contributed by atoms with E-state index >= 15 is 0 Å². The van der Waals surface area contributed by atoms with E-state index in [0.29, 0.717) is 5.69 Å². The van der Waals surface area contributed by atoms with Gasteiger partial charge in [0.1, 0.15) is 12.2 Å². The van der Waals surface area contributed by atoms with Gasteiger partial charge in [0.2, 0.25) is 0 Å². The van der Waals surface area contributed by atoms with Crippen LogP contribution in [0.1, 0.15) is 35.5 Å². The van der Waals surface area contributed by atoms with E-state index in [1.54, 1.807) is 4.68 Å². The van der Waals surface area contributed by atoms with Crippen LogP contribution in [0.4, 0.5) is 0 Å². The number of para-hydroxylation sites is 1. The minimum atomic E-state index is -0.256. The second kappa shape index (κ2) is 8.30. The van der Waals surface area contributed by atoms with Crippen LogP contribution in [0.3, 0.4) is 0 Å². The fraction of sp³-hybridized carbons (Fsp3) is 0.333. The number of esters is 1. The number of carbonyl (C=O) groups excluding carboxylic acids is 1. The molecular formula is C21H23N5O3. The SMILES string of the molecule is COC(=O)Cn1c(C)cc2c1CCC/C2=N\OCc1cn(-c2ccccc2)nn1. The van der Waals surface area contributed by atoms with Gasteiger partial charge in [-0.15, -0.1) is 5.10 Å². The van der Waals surface area contributed by atoms with E-state index in [-0.39, 0.29) is 19.1 Å². The van der Waals surface area contributed by atoms with E-state index in [1.807, 2.05) is 48.0 Å². The highest BCUT2D eigenvalue weighted by Gasteiger charge is 2.23. The number of aromatic nitrogens is 4. The third-order valence-electron chi connectivity index (χ3n) is 5.02. The summed E-state index contributed by atoms with van der Waals surface area (Å²) in [5.41, 5.74) is 5.71. The summed E-state index contributed by atoms with van der Waals surface area (Å²) in [7, 11) is 1.41. The molecule has 2 heterocycles. The molecular weight excluding hydrogens is 370 g/mol. The Morgan fingerprint density at radius 1 is 1.24 bits per heavy atom. The fourth-order valence-electron chi connectivity index (χ4n) is 3.56. The average Bonchev–Trinajstić information content (AvgIpc) is 3.34. The van der Waals surface area contributed by atoms with Crippen molar-refractivity contribution in [2.24, 2.45) is 5.16 Å². The van der Waals surface area contributed by atoms with E-state index in [1.165, 1.54) is 7.11 Å². The van der Waals surface area contributed by atoms with Gasteiger partial charge in [-0.1, -0.05) is 28.6 Å². The molecule has 1 aliphatic carbocycles. The van der Waals surface area contributed by atoms with Crippen molar-refractivity contribution in [2.75, 3.05) is 7.11 Å². The molecule has 0 radical (unpaired) electrons. The number of aryl methyl sites for hydroxylation is 1. The van der Waals surface area contributed by atoms with Crippen molar-refractivity contribution in [3.8, 4) is 5.69 Å². The van der Waals surface area contributed by atoms with Crippen LogP contribution in [0.15, 0.2) is 47.8 Å². The summed E-state index contributed by atoms with van der Waals surface area (Å²) in [6.07, 6.45) is 4.54. The molecule has 1 aliphatic rings. The van der Waals surface area contributed by atoms with Gasteiger partial charge in [0, 0.05) is 17.0 Å². The number of benzene rings is 1. The number of oxime groups is 1. The highest BCUT2D eigenvalue weighted by atomic mass is 16.6. The Morgan fingerprint density at radius 2 is 2.07 bits per heavy atom. The lowest BCUT2D eigenvalue weighted by molar-refractivity contribution is -0.141. The quantitative estimate of drug-likeness (QED) is 0.475. The predicted octanol–water partition coefficient (Wildman–Crippen LogP) is 2.81. The zero-order valence-electron chi connectivity index (χ0n) is 16.5. The molecule has 0 saturated carbocycles. The second-order valence-corrected chi connectivity index (χ2v) is 6.96. The van der Waals surface area contributed by atoms with Crippen LogP contribution in [-0.2, 0) is 33.9 Å². The summed E-state index contributed by atoms with van der Waals surface area (Å²) in [5.74, 6) is -0.256. The average molecular weight is 393 g/mol. The topological polar surface area (TPSA) is 83.5 Å². The monoisotopic (exact) mass is 393 g/mol. The molecule has 0 fully saturated rings. The van der Waals surface area contributed by atoms with Gasteiger partial charge < -0.3 is 14.1 Å². The molecule has 0 spiro atoms. The van der Waals surface area contributed by atoms with E-state index in [2.05, 4.69) is 21.5 Å². The lowest BCUT2D eigenvalue weighted by Crippen LogP contribution is -2.19. The minimum Gasteiger partial charge on any atom is -0.468 e. The van der Waals surface area contributed by atoms with Crippen LogP contribution < -0.4 is 0 Å². The van der Waals surface area contributed by atoms with Crippen molar-refractivity contribution >= 4 is 11.7 Å². The molecule has 0 aliphatic heterocycles. The molecule has 0 unspecified atom stereocenters. The number of methoxy groups -OCH3 is 1. The van der Waals surface area contributed by atoms with E-state index < -0.39 is 0 Å². The summed E-state index contributed by atoms with van der Waals surface area (Å²) >= 11 is 0. The van der Waals surface area contributed by atoms with Gasteiger partial charge in [-0.3, -0.25) is 4.79 Å². The third kappa shape index (κ3) is 4.06. The third-order valence-corrected chi connectivity index (χ3v) is 5.02. The maximum atomic E-state index is 11.7. The molecule has 2 aromatic heterocycles. The molecule has 0 bridgehead atoms. The largest absolute Gasteiger partial charge is 0.468 e. The maximum absolute atomic E-state index is 11.7. The number of hydrogen-bond acceptors (Lipinski definition) is 6. The van der Waals surface area contributed by atoms with Crippen molar-refractivity contribution in [3.63, 3.8) is 0 Å². The molecule has 8 heteroatoms. The van der Waals surface area contributed by atoms with Gasteiger partial charge in [-0.2, -0.15) is 0 Å². The Morgan fingerprint density at radius 3 is 2.86 bits per heavy atom. The zero-order chi connectivity index (χ0) is 20.2. The van der Waals surface area contributed by atoms with E-state index in [9.17, 15) is 4.79 Å². The maximum Gasteiger partial charge on any atom is 0.325 e. The number of ether oxygens (including phenoxy) is 1. The van der Waals surface area contributed by atoms with Gasteiger partial charge in [-0.25, -0.2) is 4.68 Å². The molecule has 29 heavy (non-hydrogen) atoms. The van der Waals surface area contributed by atoms with Crippen LogP contribution in [0.2, 0.25) is 0 Å². The lowest BCUT2D eigenvalue weighted by Gasteiger charge is -2.17. The summed E-state index contributed by atoms with van der Waals surface area (Å²) in [5, 5.41) is 12.6. The molecule has 8 nitrogen and oxygen atoms in total. The Labute approximate surface area is 168 Å². The summed E-state index contributed by atoms with van der Waals surface area (Å²) in [6, 6.07) is 11.8. The highest BCUT2D eigenvalue weighted by molar-refractivity contribution is 6.02. The van der Waals surface area contributed by atoms with Crippen molar-refractivity contribution < 1.29 is 14.4 Å². The van der Waals surface area contributed by atoms with Crippen molar-refractivity contribution in [1.82, 2.24) is 19.6 Å². The molecule has 0 saturated heterocycles. The first-order valence-electron chi connectivity index (χ1n) is 9.57. The van der Waals surface area contributed by atoms with Gasteiger partial charge in [0.15, 0.2) is 6.61 Å². The smallest absolute Gasteiger partial charge is 0.325 e. The standard InChI is InChI=1S/C21H23N5O3/c1-15-11-18-19(9-6-10-20(18)25(15)13-21(27)28-2)23-29-14-16-12-26(24-22-16)17-7-4-3-5-8-17/h3-5,7-8,11-12H,6,9-10,13-14H2,1-2H3/b23-19+. The highest BCUT2D eigenvalue weighted by Crippen LogP contribution is 2.26. The molecule has 0 amide bonds. The van der Waals surface area contributed by atoms with Gasteiger partial charge in [-0.05, 0) is 44.4 Å². The normalized spacial score (nSPS) is 14.6. The van der Waals surface area contributed by atoms with Crippen molar-refractivity contribution in [1.29, 1.82) is 0 Å². The first-order valence-corrected chi connectivity index (χ1v) is 9.57. The summed E-state index contributed by atoms with van der Waals surface area (Å²) in [4.78, 5) is 17.3. The van der Waals surface area contributed by atoms with Gasteiger partial charge in [0.25, 0.3) is 0 Å². The van der Waals surface area contributed by atoms with Crippen LogP contribution in [0, 0.1) is 6.92 Å².